The highest BCUT2D eigenvalue weighted by atomic mass is 32.2. The number of thioether (sulfide) groups is 1. The molecule has 0 radical (unpaired) electrons. The molecule has 5 nitrogen and oxygen atoms in total. The molecule has 2 aromatic rings. The second kappa shape index (κ2) is 9.20. The van der Waals surface area contributed by atoms with E-state index in [1.54, 1.807) is 24.3 Å². The SMILES string of the molecule is CC(=O)C(C)OC(=O)c1ccccc1SCC(=O)Nc1ccc(C)cc1. The Hall–Kier alpha value is -2.60. The summed E-state index contributed by atoms with van der Waals surface area (Å²) < 4.78 is 5.15. The first kappa shape index (κ1) is 19.7. The third-order valence-corrected chi connectivity index (χ3v) is 4.73. The van der Waals surface area contributed by atoms with Gasteiger partial charge in [-0.15, -0.1) is 11.8 Å². The van der Waals surface area contributed by atoms with Crippen molar-refractivity contribution in [2.45, 2.75) is 31.8 Å². The summed E-state index contributed by atoms with van der Waals surface area (Å²) in [5, 5.41) is 2.81. The molecule has 0 aromatic heterocycles. The van der Waals surface area contributed by atoms with Gasteiger partial charge in [0.2, 0.25) is 5.91 Å². The fourth-order valence-electron chi connectivity index (χ4n) is 2.05. The molecule has 6 heteroatoms. The molecule has 0 heterocycles. The highest BCUT2D eigenvalue weighted by Crippen LogP contribution is 2.24. The molecule has 136 valence electrons. The molecule has 26 heavy (non-hydrogen) atoms. The summed E-state index contributed by atoms with van der Waals surface area (Å²) in [6.07, 6.45) is -0.801. The summed E-state index contributed by atoms with van der Waals surface area (Å²) in [4.78, 5) is 36.3. The van der Waals surface area contributed by atoms with E-state index in [4.69, 9.17) is 4.74 Å². The van der Waals surface area contributed by atoms with Crippen LogP contribution in [0.4, 0.5) is 5.69 Å². The van der Waals surface area contributed by atoms with E-state index in [0.29, 0.717) is 10.5 Å². The van der Waals surface area contributed by atoms with Crippen LogP contribution in [-0.4, -0.2) is 29.5 Å². The topological polar surface area (TPSA) is 72.5 Å². The van der Waals surface area contributed by atoms with Crippen molar-refractivity contribution in [3.8, 4) is 0 Å². The van der Waals surface area contributed by atoms with Crippen molar-refractivity contribution in [3.63, 3.8) is 0 Å². The predicted molar refractivity (Wildman–Crippen MR) is 103 cm³/mol. The molecule has 0 bridgehead atoms. The zero-order valence-electron chi connectivity index (χ0n) is 14.9. The predicted octanol–water partition coefficient (Wildman–Crippen LogP) is 3.86. The molecule has 1 unspecified atom stereocenters. The minimum Gasteiger partial charge on any atom is -0.451 e. The quantitative estimate of drug-likeness (QED) is 0.591. The minimum absolute atomic E-state index is 0.153. The number of ketones is 1. The maximum atomic E-state index is 12.3. The van der Waals surface area contributed by atoms with Gasteiger partial charge in [-0.3, -0.25) is 9.59 Å². The van der Waals surface area contributed by atoms with E-state index in [9.17, 15) is 14.4 Å². The Morgan fingerprint density at radius 1 is 1.08 bits per heavy atom. The van der Waals surface area contributed by atoms with Gasteiger partial charge in [0.25, 0.3) is 0 Å². The number of aryl methyl sites for hydroxylation is 1. The van der Waals surface area contributed by atoms with Crippen LogP contribution in [0.1, 0.15) is 29.8 Å². The van der Waals surface area contributed by atoms with E-state index in [-0.39, 0.29) is 17.4 Å². The van der Waals surface area contributed by atoms with E-state index in [1.807, 2.05) is 31.2 Å². The first-order valence-electron chi connectivity index (χ1n) is 8.16. The molecular formula is C20H21NO4S. The lowest BCUT2D eigenvalue weighted by Gasteiger charge is -2.12. The van der Waals surface area contributed by atoms with Crippen LogP contribution in [0.3, 0.4) is 0 Å². The molecule has 1 atom stereocenters. The van der Waals surface area contributed by atoms with Crippen molar-refractivity contribution >= 4 is 35.1 Å². The number of anilines is 1. The zero-order chi connectivity index (χ0) is 19.1. The molecule has 0 aliphatic rings. The van der Waals surface area contributed by atoms with Crippen LogP contribution in [0.5, 0.6) is 0 Å². The number of esters is 1. The lowest BCUT2D eigenvalue weighted by molar-refractivity contribution is -0.124. The summed E-state index contributed by atoms with van der Waals surface area (Å²) in [6, 6.07) is 14.4. The van der Waals surface area contributed by atoms with Crippen molar-refractivity contribution in [2.24, 2.45) is 0 Å². The molecule has 1 N–H and O–H groups in total. The Labute approximate surface area is 157 Å². The van der Waals surface area contributed by atoms with Crippen molar-refractivity contribution in [1.82, 2.24) is 0 Å². The van der Waals surface area contributed by atoms with Gasteiger partial charge < -0.3 is 10.1 Å². The fourth-order valence-corrected chi connectivity index (χ4v) is 2.89. The molecule has 0 aliphatic carbocycles. The van der Waals surface area contributed by atoms with Gasteiger partial charge in [-0.05, 0) is 45.0 Å². The normalized spacial score (nSPS) is 11.5. The number of benzene rings is 2. The van der Waals surface area contributed by atoms with Gasteiger partial charge in [-0.1, -0.05) is 29.8 Å². The molecule has 0 saturated heterocycles. The highest BCUT2D eigenvalue weighted by molar-refractivity contribution is 8.00. The van der Waals surface area contributed by atoms with Crippen LogP contribution < -0.4 is 5.32 Å². The number of carbonyl (C=O) groups is 3. The maximum absolute atomic E-state index is 12.3. The fraction of sp³-hybridized carbons (Fsp3) is 0.250. The monoisotopic (exact) mass is 371 g/mol. The maximum Gasteiger partial charge on any atom is 0.339 e. The van der Waals surface area contributed by atoms with Crippen molar-refractivity contribution < 1.29 is 19.1 Å². The molecule has 0 spiro atoms. The van der Waals surface area contributed by atoms with Crippen molar-refractivity contribution in [3.05, 3.63) is 59.7 Å². The van der Waals surface area contributed by atoms with Crippen molar-refractivity contribution in [2.75, 3.05) is 11.1 Å². The molecule has 0 fully saturated rings. The lowest BCUT2D eigenvalue weighted by Crippen LogP contribution is -2.22. The summed E-state index contributed by atoms with van der Waals surface area (Å²) in [5.41, 5.74) is 2.18. The van der Waals surface area contributed by atoms with E-state index in [1.165, 1.54) is 25.6 Å². The van der Waals surface area contributed by atoms with Gasteiger partial charge in [0.1, 0.15) is 0 Å². The van der Waals surface area contributed by atoms with Crippen LogP contribution in [0.25, 0.3) is 0 Å². The van der Waals surface area contributed by atoms with Gasteiger partial charge in [-0.25, -0.2) is 4.79 Å². The van der Waals surface area contributed by atoms with E-state index in [0.717, 1.165) is 11.3 Å². The smallest absolute Gasteiger partial charge is 0.339 e. The third-order valence-electron chi connectivity index (χ3n) is 3.66. The molecule has 2 aromatic carbocycles. The number of rotatable bonds is 7. The first-order chi connectivity index (χ1) is 12.4. The van der Waals surface area contributed by atoms with E-state index >= 15 is 0 Å². The van der Waals surface area contributed by atoms with Crippen molar-refractivity contribution in [1.29, 1.82) is 0 Å². The van der Waals surface area contributed by atoms with E-state index in [2.05, 4.69) is 5.32 Å². The van der Waals surface area contributed by atoms with Gasteiger partial charge >= 0.3 is 5.97 Å². The second-order valence-electron chi connectivity index (χ2n) is 5.86. The molecule has 2 rings (SSSR count). The Morgan fingerprint density at radius 3 is 2.38 bits per heavy atom. The highest BCUT2D eigenvalue weighted by Gasteiger charge is 2.18. The summed E-state index contributed by atoms with van der Waals surface area (Å²) >= 11 is 1.24. The number of Topliss-reactive ketones (excluding diaryl/α,β-unsaturated/α-hetero) is 1. The number of hydrogen-bond acceptors (Lipinski definition) is 5. The molecule has 0 aliphatic heterocycles. The Balaban J connectivity index is 1.99. The molecule has 0 saturated carbocycles. The summed E-state index contributed by atoms with van der Waals surface area (Å²) in [7, 11) is 0. The molecular weight excluding hydrogens is 350 g/mol. The minimum atomic E-state index is -0.801. The van der Waals surface area contributed by atoms with Gasteiger partial charge in [0.15, 0.2) is 11.9 Å². The van der Waals surface area contributed by atoms with Crippen LogP contribution in [0.2, 0.25) is 0 Å². The van der Waals surface area contributed by atoms with E-state index < -0.39 is 12.1 Å². The zero-order valence-corrected chi connectivity index (χ0v) is 15.8. The van der Waals surface area contributed by atoms with Gasteiger partial charge in [-0.2, -0.15) is 0 Å². The second-order valence-corrected chi connectivity index (χ2v) is 6.87. The average molecular weight is 371 g/mol. The van der Waals surface area contributed by atoms with Crippen LogP contribution in [-0.2, 0) is 14.3 Å². The number of hydrogen-bond donors (Lipinski definition) is 1. The van der Waals surface area contributed by atoms with Crippen LogP contribution >= 0.6 is 11.8 Å². The lowest BCUT2D eigenvalue weighted by atomic mass is 10.2. The largest absolute Gasteiger partial charge is 0.451 e. The first-order valence-corrected chi connectivity index (χ1v) is 9.15. The number of carbonyl (C=O) groups excluding carboxylic acids is 3. The van der Waals surface area contributed by atoms with Crippen LogP contribution in [0, 0.1) is 6.92 Å². The Morgan fingerprint density at radius 2 is 1.73 bits per heavy atom. The van der Waals surface area contributed by atoms with Crippen LogP contribution in [0.15, 0.2) is 53.4 Å². The number of amides is 1. The Kier molecular flexibility index (Phi) is 6.97. The number of ether oxygens (including phenoxy) is 1. The third kappa shape index (κ3) is 5.74. The summed E-state index contributed by atoms with van der Waals surface area (Å²) in [6.45, 7) is 4.88. The van der Waals surface area contributed by atoms with Gasteiger partial charge in [0.05, 0.1) is 11.3 Å². The number of nitrogens with one attached hydrogen (secondary N) is 1. The van der Waals surface area contributed by atoms with Gasteiger partial charge in [0, 0.05) is 10.6 Å². The Bertz CT molecular complexity index is 802. The summed E-state index contributed by atoms with van der Waals surface area (Å²) in [5.74, 6) is -0.810. The standard InChI is InChI=1S/C20H21NO4S/c1-13-8-10-16(11-9-13)21-19(23)12-26-18-7-5-4-6-17(18)20(24)25-15(3)14(2)22/h4-11,15H,12H2,1-3H3,(H,21,23). The average Bonchev–Trinajstić information content (AvgIpc) is 2.62. The molecule has 1 amide bonds.